The van der Waals surface area contributed by atoms with Crippen LogP contribution < -0.4 is 0 Å². The number of hydrogen-bond donors (Lipinski definition) is 0. The highest BCUT2D eigenvalue weighted by molar-refractivity contribution is 4.79. The highest BCUT2D eigenvalue weighted by Crippen LogP contribution is 2.01. The van der Waals surface area contributed by atoms with Gasteiger partial charge in [0.1, 0.15) is 0 Å². The second-order valence-corrected chi connectivity index (χ2v) is 3.87. The van der Waals surface area contributed by atoms with Crippen LogP contribution in [0.5, 0.6) is 0 Å². The third-order valence-corrected chi connectivity index (χ3v) is 2.30. The first-order valence-electron chi connectivity index (χ1n) is 6.37. The topological polar surface area (TPSA) is 9.23 Å². The van der Waals surface area contributed by atoms with Gasteiger partial charge in [-0.2, -0.15) is 0 Å². The van der Waals surface area contributed by atoms with Crippen molar-refractivity contribution in [3.8, 4) is 0 Å². The zero-order valence-electron chi connectivity index (χ0n) is 10.4. The maximum atomic E-state index is 5.23. The van der Waals surface area contributed by atoms with E-state index in [2.05, 4.69) is 26.0 Å². The van der Waals surface area contributed by atoms with E-state index in [0.29, 0.717) is 0 Å². The monoisotopic (exact) mass is 210 g/mol. The molecule has 0 fully saturated rings. The molecule has 0 aromatic heterocycles. The van der Waals surface area contributed by atoms with Crippen LogP contribution in [-0.4, -0.2) is 0 Å². The van der Waals surface area contributed by atoms with E-state index >= 15 is 0 Å². The number of allylic oxidation sites excluding steroid dienone is 2. The van der Waals surface area contributed by atoms with Gasteiger partial charge in [0.2, 0.25) is 0 Å². The van der Waals surface area contributed by atoms with Crippen LogP contribution in [0.15, 0.2) is 24.7 Å². The molecule has 0 atom stereocenters. The predicted octanol–water partition coefficient (Wildman–Crippen LogP) is 5.19. The molecule has 0 saturated carbocycles. The molecule has 0 spiro atoms. The Morgan fingerprint density at radius 3 is 1.60 bits per heavy atom. The number of rotatable bonds is 10. The van der Waals surface area contributed by atoms with E-state index in [4.69, 9.17) is 4.74 Å². The predicted molar refractivity (Wildman–Crippen MR) is 67.6 cm³/mol. The van der Waals surface area contributed by atoms with Crippen LogP contribution in [0.25, 0.3) is 0 Å². The molecule has 0 bridgehead atoms. The Hall–Kier alpha value is -0.720. The van der Waals surface area contributed by atoms with E-state index in [1.165, 1.54) is 38.5 Å². The minimum absolute atomic E-state index is 1.14. The van der Waals surface area contributed by atoms with Gasteiger partial charge in [-0.25, -0.2) is 0 Å². The van der Waals surface area contributed by atoms with E-state index < -0.39 is 0 Å². The largest absolute Gasteiger partial charge is 0.473 e. The molecule has 0 aromatic rings. The number of hydrogen-bond acceptors (Lipinski definition) is 1. The van der Waals surface area contributed by atoms with Gasteiger partial charge in [-0.05, 0) is 37.8 Å². The third-order valence-electron chi connectivity index (χ3n) is 2.30. The van der Waals surface area contributed by atoms with Crippen molar-refractivity contribution in [3.05, 3.63) is 24.7 Å². The Bertz CT molecular complexity index is 141. The summed E-state index contributed by atoms with van der Waals surface area (Å²) < 4.78 is 5.23. The molecular formula is C14H26O. The van der Waals surface area contributed by atoms with E-state index in [-0.39, 0.29) is 0 Å². The lowest BCUT2D eigenvalue weighted by molar-refractivity contribution is 0.398. The zero-order valence-corrected chi connectivity index (χ0v) is 10.4. The van der Waals surface area contributed by atoms with Crippen LogP contribution in [0, 0.1) is 0 Å². The fraction of sp³-hybridized carbons (Fsp3) is 0.714. The first-order valence-corrected chi connectivity index (χ1v) is 6.37. The average Bonchev–Trinajstić information content (AvgIpc) is 2.26. The SMILES string of the molecule is CCCCC/C=C/O/C=C/CCCCC. The van der Waals surface area contributed by atoms with E-state index in [9.17, 15) is 0 Å². The minimum Gasteiger partial charge on any atom is -0.473 e. The van der Waals surface area contributed by atoms with Crippen LogP contribution in [0.2, 0.25) is 0 Å². The summed E-state index contributed by atoms with van der Waals surface area (Å²) in [5.74, 6) is 0. The normalized spacial score (nSPS) is 11.6. The van der Waals surface area contributed by atoms with Crippen molar-refractivity contribution in [1.29, 1.82) is 0 Å². The summed E-state index contributed by atoms with van der Waals surface area (Å²) in [5.41, 5.74) is 0. The number of ether oxygens (including phenoxy) is 1. The van der Waals surface area contributed by atoms with Crippen LogP contribution in [0.3, 0.4) is 0 Å². The van der Waals surface area contributed by atoms with Crippen LogP contribution in [0.4, 0.5) is 0 Å². The summed E-state index contributed by atoms with van der Waals surface area (Å²) in [7, 11) is 0. The van der Waals surface area contributed by atoms with E-state index in [1.807, 2.05) is 0 Å². The van der Waals surface area contributed by atoms with Gasteiger partial charge in [-0.15, -0.1) is 0 Å². The van der Waals surface area contributed by atoms with Crippen molar-refractivity contribution in [2.45, 2.75) is 65.2 Å². The van der Waals surface area contributed by atoms with Crippen molar-refractivity contribution in [3.63, 3.8) is 0 Å². The molecule has 1 heteroatoms. The van der Waals surface area contributed by atoms with Gasteiger partial charge in [-0.1, -0.05) is 39.5 Å². The molecule has 0 rings (SSSR count). The van der Waals surface area contributed by atoms with E-state index in [0.717, 1.165) is 12.8 Å². The molecule has 0 aliphatic heterocycles. The highest BCUT2D eigenvalue weighted by atomic mass is 16.5. The van der Waals surface area contributed by atoms with Gasteiger partial charge < -0.3 is 4.74 Å². The Morgan fingerprint density at radius 1 is 0.733 bits per heavy atom. The molecule has 15 heavy (non-hydrogen) atoms. The lowest BCUT2D eigenvalue weighted by Gasteiger charge is -1.93. The smallest absolute Gasteiger partial charge is 0.0861 e. The lowest BCUT2D eigenvalue weighted by atomic mass is 10.2. The van der Waals surface area contributed by atoms with Gasteiger partial charge in [0.15, 0.2) is 0 Å². The molecule has 0 unspecified atom stereocenters. The second kappa shape index (κ2) is 13.3. The van der Waals surface area contributed by atoms with Crippen LogP contribution in [-0.2, 0) is 4.74 Å². The van der Waals surface area contributed by atoms with Gasteiger partial charge in [0.05, 0.1) is 12.5 Å². The first-order chi connectivity index (χ1) is 7.41. The molecule has 0 aliphatic rings. The minimum atomic E-state index is 1.14. The molecule has 0 N–H and O–H groups in total. The molecule has 0 heterocycles. The van der Waals surface area contributed by atoms with Crippen molar-refractivity contribution >= 4 is 0 Å². The van der Waals surface area contributed by atoms with Gasteiger partial charge in [0, 0.05) is 0 Å². The Balaban J connectivity index is 3.14. The Morgan fingerprint density at radius 2 is 1.20 bits per heavy atom. The molecule has 0 aliphatic carbocycles. The van der Waals surface area contributed by atoms with Crippen molar-refractivity contribution in [2.75, 3.05) is 0 Å². The molecular weight excluding hydrogens is 184 g/mol. The molecule has 0 saturated heterocycles. The average molecular weight is 210 g/mol. The molecule has 1 nitrogen and oxygen atoms in total. The quantitative estimate of drug-likeness (QED) is 0.356. The summed E-state index contributed by atoms with van der Waals surface area (Å²) in [4.78, 5) is 0. The first kappa shape index (κ1) is 14.3. The van der Waals surface area contributed by atoms with Gasteiger partial charge in [0.25, 0.3) is 0 Å². The fourth-order valence-corrected chi connectivity index (χ4v) is 1.32. The van der Waals surface area contributed by atoms with Crippen molar-refractivity contribution in [2.24, 2.45) is 0 Å². The summed E-state index contributed by atoms with van der Waals surface area (Å²) in [6.07, 6.45) is 17.8. The Kier molecular flexibility index (Phi) is 12.6. The van der Waals surface area contributed by atoms with E-state index in [1.54, 1.807) is 12.5 Å². The number of unbranched alkanes of at least 4 members (excludes halogenated alkanes) is 6. The summed E-state index contributed by atoms with van der Waals surface area (Å²) in [6.45, 7) is 4.44. The maximum Gasteiger partial charge on any atom is 0.0861 e. The highest BCUT2D eigenvalue weighted by Gasteiger charge is 1.82. The second-order valence-electron chi connectivity index (χ2n) is 3.87. The van der Waals surface area contributed by atoms with Gasteiger partial charge >= 0.3 is 0 Å². The summed E-state index contributed by atoms with van der Waals surface area (Å²) in [6, 6.07) is 0. The molecule has 88 valence electrons. The standard InChI is InChI=1S/C14H26O/c1-3-5-7-9-11-13-15-14-12-10-8-6-4-2/h11-14H,3-10H2,1-2H3/b13-11+,14-12+. The zero-order chi connectivity index (χ0) is 11.2. The van der Waals surface area contributed by atoms with Crippen LogP contribution >= 0.6 is 0 Å². The van der Waals surface area contributed by atoms with Gasteiger partial charge in [-0.3, -0.25) is 0 Å². The maximum absolute atomic E-state index is 5.23. The van der Waals surface area contributed by atoms with Crippen LogP contribution in [0.1, 0.15) is 65.2 Å². The molecule has 0 amide bonds. The lowest BCUT2D eigenvalue weighted by Crippen LogP contribution is -1.73. The Labute approximate surface area is 95.2 Å². The molecule has 0 aromatic carbocycles. The fourth-order valence-electron chi connectivity index (χ4n) is 1.32. The molecule has 0 radical (unpaired) electrons. The summed E-state index contributed by atoms with van der Waals surface area (Å²) >= 11 is 0. The van der Waals surface area contributed by atoms with Crippen molar-refractivity contribution in [1.82, 2.24) is 0 Å². The summed E-state index contributed by atoms with van der Waals surface area (Å²) in [5, 5.41) is 0. The third kappa shape index (κ3) is 13.3. The van der Waals surface area contributed by atoms with Crippen molar-refractivity contribution < 1.29 is 4.74 Å².